The quantitative estimate of drug-likeness (QED) is 0.537. The van der Waals surface area contributed by atoms with E-state index in [2.05, 4.69) is 39.2 Å². The molecule has 6 heteroatoms. The predicted molar refractivity (Wildman–Crippen MR) is 105 cm³/mol. The van der Waals surface area contributed by atoms with E-state index in [4.69, 9.17) is 4.43 Å². The summed E-state index contributed by atoms with van der Waals surface area (Å²) in [6, 6.07) is 0. The molecule has 0 aromatic rings. The van der Waals surface area contributed by atoms with E-state index in [1.807, 2.05) is 32.6 Å². The van der Waals surface area contributed by atoms with Crippen LogP contribution in [-0.2, 0) is 14.0 Å². The molecule has 1 aliphatic heterocycles. The normalized spacial score (nSPS) is 26.2. The first-order chi connectivity index (χ1) is 11.5. The van der Waals surface area contributed by atoms with Crippen molar-refractivity contribution in [3.05, 3.63) is 31.6 Å². The molecule has 2 fully saturated rings. The van der Waals surface area contributed by atoms with E-state index in [0.29, 0.717) is 6.42 Å². The summed E-state index contributed by atoms with van der Waals surface area (Å²) < 4.78 is 6.36. The molecule has 139 valence electrons. The average molecular weight is 381 g/mol. The number of hydrogen-bond acceptors (Lipinski definition) is 4. The molecule has 0 aromatic heterocycles. The largest absolute Gasteiger partial charge is 0.413 e. The molecule has 25 heavy (non-hydrogen) atoms. The molecule has 3 atom stereocenters. The summed E-state index contributed by atoms with van der Waals surface area (Å²) in [5.41, 5.74) is 0. The van der Waals surface area contributed by atoms with Crippen molar-refractivity contribution in [3.63, 3.8) is 0 Å². The van der Waals surface area contributed by atoms with Crippen LogP contribution in [0.3, 0.4) is 0 Å². The van der Waals surface area contributed by atoms with Crippen LogP contribution in [0.4, 0.5) is 0 Å². The lowest BCUT2D eigenvalue weighted by atomic mass is 9.96. The summed E-state index contributed by atoms with van der Waals surface area (Å²) in [7, 11) is -1.94. The van der Waals surface area contributed by atoms with Gasteiger partial charge in [0, 0.05) is 6.42 Å². The van der Waals surface area contributed by atoms with E-state index < -0.39 is 8.32 Å². The number of thioether (sulfide) groups is 1. The maximum atomic E-state index is 12.2. The molecule has 5 radical (unpaired) electrons. The van der Waals surface area contributed by atoms with E-state index in [9.17, 15) is 9.59 Å². The fraction of sp³-hybridized carbons (Fsp3) is 0.632. The first-order valence-electron chi connectivity index (χ1n) is 8.89. The van der Waals surface area contributed by atoms with Crippen molar-refractivity contribution in [2.24, 2.45) is 5.92 Å². The third-order valence-corrected chi connectivity index (χ3v) is 11.0. The van der Waals surface area contributed by atoms with Gasteiger partial charge in [-0.25, -0.2) is 0 Å². The lowest BCUT2D eigenvalue weighted by Gasteiger charge is -2.44. The Morgan fingerprint density at radius 1 is 1.32 bits per heavy atom. The van der Waals surface area contributed by atoms with Gasteiger partial charge in [0.05, 0.1) is 17.4 Å². The highest BCUT2D eigenvalue weighted by molar-refractivity contribution is 8.14. The lowest BCUT2D eigenvalue weighted by molar-refractivity contribution is -0.136. The highest BCUT2D eigenvalue weighted by Crippen LogP contribution is 2.40. The van der Waals surface area contributed by atoms with Gasteiger partial charge in [-0.05, 0) is 63.1 Å². The van der Waals surface area contributed by atoms with Crippen LogP contribution >= 0.6 is 11.8 Å². The van der Waals surface area contributed by atoms with Crippen LogP contribution < -0.4 is 5.32 Å². The second-order valence-electron chi connectivity index (χ2n) is 8.32. The van der Waals surface area contributed by atoms with Gasteiger partial charge in [0.1, 0.15) is 0 Å². The monoisotopic (exact) mass is 380 g/mol. The van der Waals surface area contributed by atoms with Crippen LogP contribution in [0.5, 0.6) is 0 Å². The molecule has 2 aliphatic rings. The minimum absolute atomic E-state index is 0.00690. The average Bonchev–Trinajstić information content (AvgIpc) is 2.95. The van der Waals surface area contributed by atoms with Gasteiger partial charge in [-0.2, -0.15) is 0 Å². The molecular weight excluding hydrogens is 350 g/mol. The van der Waals surface area contributed by atoms with Crippen LogP contribution in [0, 0.1) is 37.5 Å². The Bertz CT molecular complexity index is 497. The SMILES string of the molecule is C[C@@H](O[Si](C)(C)C(C)(C)C)[C@H]1C(=O)N[C@@H]1SC(=O)CC[C]1[CH][CH][CH][CH]1. The second kappa shape index (κ2) is 8.13. The van der Waals surface area contributed by atoms with E-state index in [0.717, 1.165) is 6.42 Å². The van der Waals surface area contributed by atoms with Crippen LogP contribution in [0.2, 0.25) is 18.1 Å². The van der Waals surface area contributed by atoms with Gasteiger partial charge in [0.15, 0.2) is 13.4 Å². The zero-order chi connectivity index (χ0) is 18.8. The second-order valence-corrected chi connectivity index (χ2v) is 14.3. The predicted octanol–water partition coefficient (Wildman–Crippen LogP) is 3.91. The number of rotatable bonds is 7. The molecule has 4 nitrogen and oxygen atoms in total. The molecule has 0 aromatic carbocycles. The van der Waals surface area contributed by atoms with Gasteiger partial charge in [0.25, 0.3) is 0 Å². The summed E-state index contributed by atoms with van der Waals surface area (Å²) in [6.45, 7) is 12.9. The summed E-state index contributed by atoms with van der Waals surface area (Å²) in [5.74, 6) is 0.923. The number of nitrogens with one attached hydrogen (secondary N) is 1. The molecule has 0 bridgehead atoms. The van der Waals surface area contributed by atoms with Crippen molar-refractivity contribution >= 4 is 31.1 Å². The first kappa shape index (κ1) is 21.0. The van der Waals surface area contributed by atoms with Crippen molar-refractivity contribution in [2.75, 3.05) is 0 Å². The highest BCUT2D eigenvalue weighted by Gasteiger charge is 2.48. The fourth-order valence-corrected chi connectivity index (χ4v) is 5.27. The zero-order valence-corrected chi connectivity index (χ0v) is 17.9. The fourth-order valence-electron chi connectivity index (χ4n) is 2.67. The molecule has 1 aliphatic carbocycles. The van der Waals surface area contributed by atoms with Gasteiger partial charge in [-0.1, -0.05) is 32.5 Å². The van der Waals surface area contributed by atoms with Crippen LogP contribution in [-0.4, -0.2) is 30.8 Å². The minimum atomic E-state index is -1.94. The molecule has 2 rings (SSSR count). The van der Waals surface area contributed by atoms with Crippen LogP contribution in [0.1, 0.15) is 40.5 Å². The summed E-state index contributed by atoms with van der Waals surface area (Å²) in [5, 5.41) is 2.91. The molecule has 1 saturated carbocycles. The standard InChI is InChI=1S/C19H30NO3SSi/c1-13(23-25(5,6)19(2,3)4)16-17(22)20-18(16)24-15(21)12-11-14-9-7-8-10-14/h7-10,13,16,18H,11-12H2,1-6H3,(H,20,22)/t13-,16+,18-/m1/s1. The van der Waals surface area contributed by atoms with Gasteiger partial charge in [0.2, 0.25) is 5.91 Å². The van der Waals surface area contributed by atoms with Gasteiger partial charge in [-0.3, -0.25) is 9.59 Å². The Hall–Kier alpha value is -0.333. The number of hydrogen-bond donors (Lipinski definition) is 1. The van der Waals surface area contributed by atoms with E-state index in [1.165, 1.54) is 17.7 Å². The van der Waals surface area contributed by atoms with E-state index >= 15 is 0 Å². The van der Waals surface area contributed by atoms with Crippen molar-refractivity contribution < 1.29 is 14.0 Å². The number of carbonyl (C=O) groups is 2. The summed E-state index contributed by atoms with van der Waals surface area (Å²) in [6.07, 6.45) is 9.09. The Labute approximate surface area is 158 Å². The topological polar surface area (TPSA) is 55.4 Å². The van der Waals surface area contributed by atoms with E-state index in [-0.39, 0.29) is 33.5 Å². The van der Waals surface area contributed by atoms with E-state index in [1.54, 1.807) is 0 Å². The molecule has 1 N–H and O–H groups in total. The molecule has 1 amide bonds. The van der Waals surface area contributed by atoms with Gasteiger partial charge in [-0.15, -0.1) is 0 Å². The maximum Gasteiger partial charge on any atom is 0.229 e. The Morgan fingerprint density at radius 3 is 2.44 bits per heavy atom. The molecular formula is C19H30NO3SSi. The van der Waals surface area contributed by atoms with Gasteiger partial charge < -0.3 is 9.74 Å². The van der Waals surface area contributed by atoms with Crippen molar-refractivity contribution in [3.8, 4) is 0 Å². The first-order valence-corrected chi connectivity index (χ1v) is 12.7. The third kappa shape index (κ3) is 5.33. The third-order valence-electron chi connectivity index (χ3n) is 5.31. The van der Waals surface area contributed by atoms with Crippen LogP contribution in [0.15, 0.2) is 0 Å². The molecule has 1 heterocycles. The maximum absolute atomic E-state index is 12.2. The minimum Gasteiger partial charge on any atom is -0.413 e. The number of carbonyl (C=O) groups excluding carboxylic acids is 2. The Morgan fingerprint density at radius 2 is 1.92 bits per heavy atom. The smallest absolute Gasteiger partial charge is 0.229 e. The Kier molecular flexibility index (Phi) is 6.82. The lowest BCUT2D eigenvalue weighted by Crippen LogP contribution is -2.62. The number of β-lactam (4-membered cyclic amide) rings is 1. The summed E-state index contributed by atoms with van der Waals surface area (Å²) >= 11 is 1.25. The van der Waals surface area contributed by atoms with Crippen molar-refractivity contribution in [2.45, 2.75) is 70.1 Å². The van der Waals surface area contributed by atoms with Crippen molar-refractivity contribution in [1.29, 1.82) is 0 Å². The van der Waals surface area contributed by atoms with Crippen molar-refractivity contribution in [1.82, 2.24) is 5.32 Å². The molecule has 1 saturated heterocycles. The zero-order valence-electron chi connectivity index (χ0n) is 16.1. The molecule has 0 spiro atoms. The highest BCUT2D eigenvalue weighted by atomic mass is 32.2. The number of amides is 1. The van der Waals surface area contributed by atoms with Gasteiger partial charge >= 0.3 is 0 Å². The Balaban J connectivity index is 1.83. The van der Waals surface area contributed by atoms with Crippen LogP contribution in [0.25, 0.3) is 0 Å². The summed E-state index contributed by atoms with van der Waals surface area (Å²) in [4.78, 5) is 24.3. The molecule has 0 unspecified atom stereocenters.